The second kappa shape index (κ2) is 3.99. The number of hydrogen-bond donors (Lipinski definition) is 1. The summed E-state index contributed by atoms with van der Waals surface area (Å²) in [6.45, 7) is 4.42. The van der Waals surface area contributed by atoms with E-state index < -0.39 is 0 Å². The highest BCUT2D eigenvalue weighted by Gasteiger charge is 2.17. The van der Waals surface area contributed by atoms with E-state index >= 15 is 0 Å². The fourth-order valence-corrected chi connectivity index (χ4v) is 1.65. The maximum absolute atomic E-state index is 4.33. The molecule has 14 heavy (non-hydrogen) atoms. The number of anilines is 1. The zero-order chi connectivity index (χ0) is 9.97. The summed E-state index contributed by atoms with van der Waals surface area (Å²) in [6, 6.07) is 4.93. The predicted molar refractivity (Wildman–Crippen MR) is 59.6 cm³/mol. The molecule has 0 atom stereocenters. The molecule has 0 amide bonds. The Morgan fingerprint density at radius 2 is 2.21 bits per heavy atom. The van der Waals surface area contributed by atoms with Gasteiger partial charge in [-0.2, -0.15) is 0 Å². The number of hydrogen-bond acceptors (Lipinski definition) is 2. The fourth-order valence-electron chi connectivity index (χ4n) is 1.65. The van der Waals surface area contributed by atoms with Crippen molar-refractivity contribution in [1.82, 2.24) is 4.98 Å². The van der Waals surface area contributed by atoms with Crippen molar-refractivity contribution in [2.24, 2.45) is 0 Å². The van der Waals surface area contributed by atoms with Crippen LogP contribution in [0.15, 0.2) is 18.3 Å². The Bertz CT molecular complexity index is 303. The first-order valence-corrected chi connectivity index (χ1v) is 5.48. The number of nitrogens with one attached hydrogen (secondary N) is 1. The number of aromatic nitrogens is 1. The SMILES string of the molecule is CC(C)c1ccnc(NC2CCC2)c1. The lowest BCUT2D eigenvalue weighted by atomic mass is 9.93. The van der Waals surface area contributed by atoms with Gasteiger partial charge in [0.05, 0.1) is 0 Å². The van der Waals surface area contributed by atoms with Gasteiger partial charge in [-0.15, -0.1) is 0 Å². The number of rotatable bonds is 3. The standard InChI is InChI=1S/C12H18N2/c1-9(2)10-6-7-13-12(8-10)14-11-4-3-5-11/h6-9,11H,3-5H2,1-2H3,(H,13,14). The van der Waals surface area contributed by atoms with Gasteiger partial charge in [0.25, 0.3) is 0 Å². The Hall–Kier alpha value is -1.05. The van der Waals surface area contributed by atoms with Gasteiger partial charge in [0.2, 0.25) is 0 Å². The van der Waals surface area contributed by atoms with E-state index in [1.807, 2.05) is 6.20 Å². The Balaban J connectivity index is 2.05. The van der Waals surface area contributed by atoms with Crippen molar-refractivity contribution >= 4 is 5.82 Å². The van der Waals surface area contributed by atoms with Crippen LogP contribution in [0.3, 0.4) is 0 Å². The van der Waals surface area contributed by atoms with Crippen molar-refractivity contribution in [3.05, 3.63) is 23.9 Å². The molecule has 0 bridgehead atoms. The second-order valence-corrected chi connectivity index (χ2v) is 4.40. The van der Waals surface area contributed by atoms with Crippen molar-refractivity contribution in [3.8, 4) is 0 Å². The van der Waals surface area contributed by atoms with Crippen LogP contribution in [0.5, 0.6) is 0 Å². The molecule has 0 unspecified atom stereocenters. The highest BCUT2D eigenvalue weighted by atomic mass is 15.0. The Morgan fingerprint density at radius 3 is 2.79 bits per heavy atom. The van der Waals surface area contributed by atoms with E-state index in [-0.39, 0.29) is 0 Å². The minimum atomic E-state index is 0.583. The smallest absolute Gasteiger partial charge is 0.126 e. The summed E-state index contributed by atoms with van der Waals surface area (Å²) >= 11 is 0. The molecule has 2 nitrogen and oxygen atoms in total. The summed E-state index contributed by atoms with van der Waals surface area (Å²) in [5, 5.41) is 3.46. The van der Waals surface area contributed by atoms with Crippen LogP contribution >= 0.6 is 0 Å². The van der Waals surface area contributed by atoms with Crippen LogP contribution in [-0.4, -0.2) is 11.0 Å². The average molecular weight is 190 g/mol. The Kier molecular flexibility index (Phi) is 2.71. The maximum atomic E-state index is 4.33. The molecule has 2 rings (SSSR count). The first-order chi connectivity index (χ1) is 6.75. The predicted octanol–water partition coefficient (Wildman–Crippen LogP) is 3.17. The summed E-state index contributed by atoms with van der Waals surface area (Å²) in [6.07, 6.45) is 5.86. The molecule has 1 fully saturated rings. The third-order valence-corrected chi connectivity index (χ3v) is 2.91. The summed E-state index contributed by atoms with van der Waals surface area (Å²) in [7, 11) is 0. The topological polar surface area (TPSA) is 24.9 Å². The van der Waals surface area contributed by atoms with Crippen molar-refractivity contribution < 1.29 is 0 Å². The number of pyridine rings is 1. The van der Waals surface area contributed by atoms with Crippen LogP contribution in [0.25, 0.3) is 0 Å². The van der Waals surface area contributed by atoms with Gasteiger partial charge in [-0.25, -0.2) is 4.98 Å². The summed E-state index contributed by atoms with van der Waals surface area (Å²) in [5.41, 5.74) is 1.36. The molecule has 1 saturated carbocycles. The van der Waals surface area contributed by atoms with Crippen LogP contribution in [-0.2, 0) is 0 Å². The van der Waals surface area contributed by atoms with E-state index in [4.69, 9.17) is 0 Å². The van der Waals surface area contributed by atoms with Crippen LogP contribution in [0.2, 0.25) is 0 Å². The molecule has 1 aromatic rings. The lowest BCUT2D eigenvalue weighted by Gasteiger charge is -2.27. The van der Waals surface area contributed by atoms with Crippen molar-refractivity contribution in [3.63, 3.8) is 0 Å². The van der Waals surface area contributed by atoms with E-state index in [0.717, 1.165) is 5.82 Å². The molecular formula is C12H18N2. The fraction of sp³-hybridized carbons (Fsp3) is 0.583. The van der Waals surface area contributed by atoms with Gasteiger partial charge in [-0.05, 0) is 42.9 Å². The molecule has 0 aliphatic heterocycles. The van der Waals surface area contributed by atoms with Gasteiger partial charge >= 0.3 is 0 Å². The van der Waals surface area contributed by atoms with Gasteiger partial charge in [-0.3, -0.25) is 0 Å². The molecule has 1 aliphatic rings. The third-order valence-electron chi connectivity index (χ3n) is 2.91. The lowest BCUT2D eigenvalue weighted by Crippen LogP contribution is -2.27. The van der Waals surface area contributed by atoms with Crippen molar-refractivity contribution in [2.45, 2.75) is 45.1 Å². The molecule has 0 radical (unpaired) electrons. The zero-order valence-corrected chi connectivity index (χ0v) is 8.96. The summed E-state index contributed by atoms with van der Waals surface area (Å²) in [5.74, 6) is 1.63. The highest BCUT2D eigenvalue weighted by Crippen LogP contribution is 2.23. The third kappa shape index (κ3) is 2.06. The molecule has 1 heterocycles. The van der Waals surface area contributed by atoms with Gasteiger partial charge in [0.1, 0.15) is 5.82 Å². The van der Waals surface area contributed by atoms with Gasteiger partial charge in [0, 0.05) is 12.2 Å². The Morgan fingerprint density at radius 1 is 1.43 bits per heavy atom. The molecule has 1 aliphatic carbocycles. The summed E-state index contributed by atoms with van der Waals surface area (Å²) in [4.78, 5) is 4.33. The van der Waals surface area contributed by atoms with Crippen LogP contribution < -0.4 is 5.32 Å². The highest BCUT2D eigenvalue weighted by molar-refractivity contribution is 5.39. The minimum absolute atomic E-state index is 0.583. The summed E-state index contributed by atoms with van der Waals surface area (Å²) < 4.78 is 0. The van der Waals surface area contributed by atoms with Crippen LogP contribution in [0.4, 0.5) is 5.82 Å². The molecule has 2 heteroatoms. The van der Waals surface area contributed by atoms with Gasteiger partial charge < -0.3 is 5.32 Å². The van der Waals surface area contributed by atoms with Crippen molar-refractivity contribution in [2.75, 3.05) is 5.32 Å². The minimum Gasteiger partial charge on any atom is -0.367 e. The monoisotopic (exact) mass is 190 g/mol. The maximum Gasteiger partial charge on any atom is 0.126 e. The normalized spacial score (nSPS) is 16.8. The van der Waals surface area contributed by atoms with E-state index in [2.05, 4.69) is 36.3 Å². The first kappa shape index (κ1) is 9.50. The lowest BCUT2D eigenvalue weighted by molar-refractivity contribution is 0.444. The quantitative estimate of drug-likeness (QED) is 0.792. The molecule has 0 spiro atoms. The van der Waals surface area contributed by atoms with Gasteiger partial charge in [0.15, 0.2) is 0 Å². The molecule has 0 saturated heterocycles. The molecule has 0 aromatic carbocycles. The zero-order valence-electron chi connectivity index (χ0n) is 8.96. The van der Waals surface area contributed by atoms with E-state index in [9.17, 15) is 0 Å². The first-order valence-electron chi connectivity index (χ1n) is 5.48. The van der Waals surface area contributed by atoms with E-state index in [0.29, 0.717) is 12.0 Å². The largest absolute Gasteiger partial charge is 0.367 e. The second-order valence-electron chi connectivity index (χ2n) is 4.40. The molecule has 1 N–H and O–H groups in total. The number of nitrogens with zero attached hydrogens (tertiary/aromatic N) is 1. The van der Waals surface area contributed by atoms with Gasteiger partial charge in [-0.1, -0.05) is 13.8 Å². The van der Waals surface area contributed by atoms with Crippen molar-refractivity contribution in [1.29, 1.82) is 0 Å². The van der Waals surface area contributed by atoms with Crippen LogP contribution in [0, 0.1) is 0 Å². The van der Waals surface area contributed by atoms with E-state index in [1.165, 1.54) is 24.8 Å². The molecular weight excluding hydrogens is 172 g/mol. The van der Waals surface area contributed by atoms with E-state index in [1.54, 1.807) is 0 Å². The average Bonchev–Trinajstić information content (AvgIpc) is 2.12. The molecule has 1 aromatic heterocycles. The molecule has 76 valence electrons. The Labute approximate surface area is 85.7 Å². The van der Waals surface area contributed by atoms with Crippen LogP contribution in [0.1, 0.15) is 44.6 Å².